The van der Waals surface area contributed by atoms with Gasteiger partial charge in [-0.3, -0.25) is 14.6 Å². The van der Waals surface area contributed by atoms with Crippen LogP contribution in [0.5, 0.6) is 5.75 Å². The van der Waals surface area contributed by atoms with Crippen molar-refractivity contribution >= 4 is 23.4 Å². The van der Waals surface area contributed by atoms with Crippen LogP contribution in [0, 0.1) is 5.82 Å². The van der Waals surface area contributed by atoms with Gasteiger partial charge in [0.05, 0.1) is 45.4 Å². The monoisotopic (exact) mass is 421 g/mol. The minimum Gasteiger partial charge on any atom is -0.496 e. The number of amides is 2. The third kappa shape index (κ3) is 5.65. The molecule has 1 aliphatic rings. The van der Waals surface area contributed by atoms with Crippen LogP contribution in [0.1, 0.15) is 16.1 Å². The standard InChI is InChI=1S/C20H22ClFN4O3/c1-29-18-3-2-16(22)10-14(18)13-25-6-8-26(9-7-25)19(27)12-24-20(28)17-11-15(21)4-5-23-17/h2-5,10-11H,6-9,12-13H2,1H3,(H,24,28)/p+1. The Hall–Kier alpha value is -2.71. The zero-order valence-electron chi connectivity index (χ0n) is 16.1. The number of hydrogen-bond donors (Lipinski definition) is 2. The minimum absolute atomic E-state index is 0.0971. The molecule has 29 heavy (non-hydrogen) atoms. The third-order valence-electron chi connectivity index (χ3n) is 4.86. The molecular weight excluding hydrogens is 399 g/mol. The molecule has 0 radical (unpaired) electrons. The first kappa shape index (κ1) is 21.0. The molecule has 9 heteroatoms. The lowest BCUT2D eigenvalue weighted by Crippen LogP contribution is -3.13. The van der Waals surface area contributed by atoms with Gasteiger partial charge in [-0.1, -0.05) is 11.6 Å². The highest BCUT2D eigenvalue weighted by Gasteiger charge is 2.25. The summed E-state index contributed by atoms with van der Waals surface area (Å²) in [4.78, 5) is 31.4. The maximum absolute atomic E-state index is 13.5. The summed E-state index contributed by atoms with van der Waals surface area (Å²) < 4.78 is 18.8. The van der Waals surface area contributed by atoms with E-state index >= 15 is 0 Å². The molecule has 0 bridgehead atoms. The summed E-state index contributed by atoms with van der Waals surface area (Å²) in [5, 5.41) is 2.99. The Morgan fingerprint density at radius 1 is 1.28 bits per heavy atom. The van der Waals surface area contributed by atoms with Gasteiger partial charge < -0.3 is 19.9 Å². The number of aromatic nitrogens is 1. The molecule has 3 rings (SSSR count). The summed E-state index contributed by atoms with van der Waals surface area (Å²) in [7, 11) is 1.57. The number of carbonyl (C=O) groups excluding carboxylic acids is 2. The number of ether oxygens (including phenoxy) is 1. The predicted molar refractivity (Wildman–Crippen MR) is 106 cm³/mol. The van der Waals surface area contributed by atoms with Crippen molar-refractivity contribution in [2.75, 3.05) is 39.8 Å². The number of nitrogens with zero attached hydrogens (tertiary/aromatic N) is 2. The minimum atomic E-state index is -0.441. The van der Waals surface area contributed by atoms with Crippen molar-refractivity contribution in [1.29, 1.82) is 0 Å². The molecule has 1 aromatic heterocycles. The van der Waals surface area contributed by atoms with Crippen LogP contribution in [0.4, 0.5) is 4.39 Å². The molecule has 0 spiro atoms. The fraction of sp³-hybridized carbons (Fsp3) is 0.350. The highest BCUT2D eigenvalue weighted by atomic mass is 35.5. The lowest BCUT2D eigenvalue weighted by Gasteiger charge is -2.32. The molecular formula is C20H23ClFN4O3+. The summed E-state index contributed by atoms with van der Waals surface area (Å²) in [5.41, 5.74) is 0.979. The van der Waals surface area contributed by atoms with Crippen molar-refractivity contribution in [2.24, 2.45) is 0 Å². The van der Waals surface area contributed by atoms with E-state index < -0.39 is 5.91 Å². The van der Waals surface area contributed by atoms with Crippen molar-refractivity contribution in [3.8, 4) is 5.75 Å². The lowest BCUT2D eigenvalue weighted by atomic mass is 10.1. The molecule has 1 saturated heterocycles. The molecule has 7 nitrogen and oxygen atoms in total. The smallest absolute Gasteiger partial charge is 0.270 e. The largest absolute Gasteiger partial charge is 0.496 e. The van der Waals surface area contributed by atoms with Crippen LogP contribution in [0.15, 0.2) is 36.5 Å². The van der Waals surface area contributed by atoms with E-state index in [4.69, 9.17) is 16.3 Å². The normalized spacial score (nSPS) is 14.5. The number of piperazine rings is 1. The van der Waals surface area contributed by atoms with Crippen molar-refractivity contribution in [3.63, 3.8) is 0 Å². The van der Waals surface area contributed by atoms with Gasteiger partial charge in [-0.25, -0.2) is 4.39 Å². The van der Waals surface area contributed by atoms with Gasteiger partial charge in [0, 0.05) is 11.2 Å². The molecule has 154 valence electrons. The number of hydrogen-bond acceptors (Lipinski definition) is 4. The summed E-state index contributed by atoms with van der Waals surface area (Å²) in [6.07, 6.45) is 1.44. The quantitative estimate of drug-likeness (QED) is 0.714. The maximum atomic E-state index is 13.5. The highest BCUT2D eigenvalue weighted by molar-refractivity contribution is 6.30. The van der Waals surface area contributed by atoms with Gasteiger partial charge >= 0.3 is 0 Å². The number of rotatable bonds is 6. The van der Waals surface area contributed by atoms with E-state index in [2.05, 4.69) is 10.3 Å². The first-order chi connectivity index (χ1) is 14.0. The van der Waals surface area contributed by atoms with Crippen LogP contribution < -0.4 is 15.0 Å². The van der Waals surface area contributed by atoms with E-state index in [9.17, 15) is 14.0 Å². The van der Waals surface area contributed by atoms with Gasteiger partial charge in [-0.2, -0.15) is 0 Å². The van der Waals surface area contributed by atoms with Crippen LogP contribution in [0.3, 0.4) is 0 Å². The molecule has 2 heterocycles. The molecule has 2 aromatic rings. The summed E-state index contributed by atoms with van der Waals surface area (Å²) in [5.74, 6) is -0.222. The predicted octanol–water partition coefficient (Wildman–Crippen LogP) is 0.540. The first-order valence-electron chi connectivity index (χ1n) is 9.30. The van der Waals surface area contributed by atoms with Crippen molar-refractivity contribution < 1.29 is 23.6 Å². The Bertz CT molecular complexity index is 888. The Labute approximate surface area is 173 Å². The van der Waals surface area contributed by atoms with Crippen molar-refractivity contribution in [1.82, 2.24) is 15.2 Å². The molecule has 0 atom stereocenters. The summed E-state index contributed by atoms with van der Waals surface area (Å²) in [6.45, 7) is 3.12. The van der Waals surface area contributed by atoms with E-state index in [0.29, 0.717) is 30.4 Å². The van der Waals surface area contributed by atoms with E-state index in [-0.39, 0.29) is 24.0 Å². The highest BCUT2D eigenvalue weighted by Crippen LogP contribution is 2.18. The molecule has 1 aliphatic heterocycles. The molecule has 0 unspecified atom stereocenters. The SMILES string of the molecule is COc1ccc(F)cc1C[NH+]1CCN(C(=O)CNC(=O)c2cc(Cl)ccn2)CC1. The second-order valence-corrected chi connectivity index (χ2v) is 7.24. The van der Waals surface area contributed by atoms with Crippen LogP contribution in [-0.4, -0.2) is 61.5 Å². The van der Waals surface area contributed by atoms with Crippen LogP contribution >= 0.6 is 11.6 Å². The van der Waals surface area contributed by atoms with Crippen LogP contribution in [-0.2, 0) is 11.3 Å². The lowest BCUT2D eigenvalue weighted by molar-refractivity contribution is -0.917. The van der Waals surface area contributed by atoms with Crippen molar-refractivity contribution in [2.45, 2.75) is 6.54 Å². The van der Waals surface area contributed by atoms with Crippen LogP contribution in [0.25, 0.3) is 0 Å². The Morgan fingerprint density at radius 3 is 2.72 bits per heavy atom. The molecule has 0 aliphatic carbocycles. The average molecular weight is 422 g/mol. The Balaban J connectivity index is 1.47. The number of methoxy groups -OCH3 is 1. The van der Waals surface area contributed by atoms with E-state index in [1.54, 1.807) is 24.1 Å². The second-order valence-electron chi connectivity index (χ2n) is 6.81. The van der Waals surface area contributed by atoms with Crippen molar-refractivity contribution in [3.05, 3.63) is 58.6 Å². The first-order valence-corrected chi connectivity index (χ1v) is 9.67. The van der Waals surface area contributed by atoms with E-state index in [0.717, 1.165) is 18.7 Å². The fourth-order valence-corrected chi connectivity index (χ4v) is 3.45. The molecule has 2 N–H and O–H groups in total. The maximum Gasteiger partial charge on any atom is 0.270 e. The molecule has 2 amide bonds. The third-order valence-corrected chi connectivity index (χ3v) is 5.10. The fourth-order valence-electron chi connectivity index (χ4n) is 3.29. The number of nitrogens with one attached hydrogen (secondary N) is 2. The van der Waals surface area contributed by atoms with Gasteiger partial charge in [-0.15, -0.1) is 0 Å². The summed E-state index contributed by atoms with van der Waals surface area (Å²) in [6, 6.07) is 7.51. The molecule has 1 fully saturated rings. The number of halogens is 2. The number of quaternary nitrogens is 1. The molecule has 0 saturated carbocycles. The zero-order valence-corrected chi connectivity index (χ0v) is 16.8. The second kappa shape index (κ2) is 9.67. The van der Waals surface area contributed by atoms with E-state index in [1.165, 1.54) is 29.3 Å². The number of carbonyl (C=O) groups is 2. The zero-order chi connectivity index (χ0) is 20.8. The van der Waals surface area contributed by atoms with Gasteiger partial charge in [0.1, 0.15) is 23.8 Å². The topological polar surface area (TPSA) is 76.0 Å². The Morgan fingerprint density at radius 2 is 2.03 bits per heavy atom. The van der Waals surface area contributed by atoms with Gasteiger partial charge in [0.2, 0.25) is 5.91 Å². The van der Waals surface area contributed by atoms with Crippen LogP contribution in [0.2, 0.25) is 5.02 Å². The Kier molecular flexibility index (Phi) is 7.00. The van der Waals surface area contributed by atoms with Gasteiger partial charge in [0.15, 0.2) is 0 Å². The number of pyridine rings is 1. The number of benzene rings is 1. The van der Waals surface area contributed by atoms with E-state index in [1.807, 2.05) is 0 Å². The van der Waals surface area contributed by atoms with Gasteiger partial charge in [-0.05, 0) is 30.3 Å². The van der Waals surface area contributed by atoms with Gasteiger partial charge in [0.25, 0.3) is 5.91 Å². The average Bonchev–Trinajstić information content (AvgIpc) is 2.72. The summed E-state index contributed by atoms with van der Waals surface area (Å²) >= 11 is 5.85. The molecule has 1 aromatic carbocycles.